The number of ether oxygens (including phenoxy) is 4. The van der Waals surface area contributed by atoms with Gasteiger partial charge < -0.3 is 80.6 Å². The van der Waals surface area contributed by atoms with E-state index in [2.05, 4.69) is 0 Å². The molecule has 0 saturated carbocycles. The van der Waals surface area contributed by atoms with Crippen molar-refractivity contribution < 1.29 is 79.6 Å². The normalized spacial score (nSPS) is 42.8. The summed E-state index contributed by atoms with van der Waals surface area (Å²) in [7, 11) is 0. The van der Waals surface area contributed by atoms with Crippen LogP contribution in [0, 0.1) is 17.8 Å². The van der Waals surface area contributed by atoms with E-state index < -0.39 is 147 Å². The van der Waals surface area contributed by atoms with Gasteiger partial charge in [-0.1, -0.05) is 98.9 Å². The molecule has 0 spiro atoms. The molecule has 71 heavy (non-hydrogen) atoms. The molecule has 2 fully saturated rings. The van der Waals surface area contributed by atoms with E-state index in [9.17, 15) is 60.7 Å². The number of aliphatic hydroxyl groups excluding tert-OH is 9. The average Bonchev–Trinajstić information content (AvgIpc) is 3.27. The number of nitrogens with zero attached hydrogens (tertiary/aromatic N) is 1. The van der Waals surface area contributed by atoms with Gasteiger partial charge in [0.2, 0.25) is 5.91 Å². The van der Waals surface area contributed by atoms with E-state index in [1.54, 1.807) is 68.2 Å². The Morgan fingerprint density at radius 2 is 1.21 bits per heavy atom. The highest BCUT2D eigenvalue weighted by Crippen LogP contribution is 2.39. The monoisotopic (exact) mass is 1010 g/mol. The Kier molecular flexibility index (Phi) is 26.2. The quantitative estimate of drug-likeness (QED) is 0.176. The van der Waals surface area contributed by atoms with Crippen molar-refractivity contribution in [1.29, 1.82) is 0 Å². The molecule has 2 saturated heterocycles. The second kappa shape index (κ2) is 30.1. The van der Waals surface area contributed by atoms with Crippen LogP contribution in [0.5, 0.6) is 0 Å². The van der Waals surface area contributed by atoms with Crippen molar-refractivity contribution in [2.75, 3.05) is 0 Å². The van der Waals surface area contributed by atoms with Gasteiger partial charge in [-0.2, -0.15) is 0 Å². The first-order chi connectivity index (χ1) is 33.3. The predicted molar refractivity (Wildman–Crippen MR) is 266 cm³/mol. The first kappa shape index (κ1) is 61.9. The third-order valence-corrected chi connectivity index (χ3v) is 13.4. The molecule has 18 nitrogen and oxygen atoms in total. The number of nitrogens with two attached hydrogens (primary N) is 1. The smallest absolute Gasteiger partial charge is 0.308 e. The molecule has 2 bridgehead atoms. The van der Waals surface area contributed by atoms with Gasteiger partial charge in [-0.15, -0.1) is 0 Å². The Morgan fingerprint density at radius 3 is 1.77 bits per heavy atom. The van der Waals surface area contributed by atoms with Crippen LogP contribution >= 0.6 is 0 Å². The van der Waals surface area contributed by atoms with E-state index in [0.717, 1.165) is 0 Å². The van der Waals surface area contributed by atoms with Crippen molar-refractivity contribution in [3.63, 3.8) is 0 Å². The van der Waals surface area contributed by atoms with Crippen LogP contribution in [0.1, 0.15) is 107 Å². The standard InChI is InChI=1S/C53H86N2O16/c1-31(2)55(32(3)4)51(66)46-43(61)30-53(67)29-39(58)26-42(60)41(59)24-23-37(56)25-38(57)27-45(62)68-35(7)34(6)48(63)33(5)21-19-17-15-13-11-9-10-12-14-16-18-20-22-40(28-44(46)71-53)70-52-50(65)47(54)49(64)36(8)69-52/h9-22,31-44,46-50,52,56-61,63-65,67H,23-30,54H2,1-8H3/b10-9+,13-11+,14-12+,17-15+,18-16+,21-19+,22-20+/t33?,34?,35?,36?,37-,38-,39+,40+,41-,42-,43?,44?,46-,47?,48-,49?,50?,52?,53-/m1/s1. The highest BCUT2D eigenvalue weighted by Gasteiger charge is 2.52. The average molecular weight is 1010 g/mol. The molecule has 19 atom stereocenters. The van der Waals surface area contributed by atoms with Crippen LogP contribution < -0.4 is 5.73 Å². The van der Waals surface area contributed by atoms with Crippen LogP contribution in [0.4, 0.5) is 0 Å². The summed E-state index contributed by atoms with van der Waals surface area (Å²) in [5, 5.41) is 110. The van der Waals surface area contributed by atoms with Crippen LogP contribution in [-0.2, 0) is 28.5 Å². The number of amides is 1. The van der Waals surface area contributed by atoms with E-state index in [-0.39, 0.29) is 43.7 Å². The molecular formula is C53H86N2O16. The molecule has 3 aliphatic rings. The lowest BCUT2D eigenvalue weighted by Gasteiger charge is -2.47. The number of rotatable bonds is 5. The molecule has 0 aliphatic carbocycles. The minimum Gasteiger partial charge on any atom is -0.462 e. The Balaban J connectivity index is 1.97. The molecule has 3 aliphatic heterocycles. The molecule has 18 heteroatoms. The van der Waals surface area contributed by atoms with Crippen molar-refractivity contribution >= 4 is 11.9 Å². The minimum absolute atomic E-state index is 0.0906. The van der Waals surface area contributed by atoms with E-state index in [0.29, 0.717) is 0 Å². The van der Waals surface area contributed by atoms with Crippen molar-refractivity contribution in [2.24, 2.45) is 23.5 Å². The number of cyclic esters (lactones) is 1. The van der Waals surface area contributed by atoms with Crippen molar-refractivity contribution in [1.82, 2.24) is 4.90 Å². The Labute approximate surface area is 420 Å². The first-order valence-electron chi connectivity index (χ1n) is 25.1. The Hall–Kier alpha value is -3.44. The van der Waals surface area contributed by atoms with Gasteiger partial charge in [-0.05, 0) is 60.8 Å². The number of allylic oxidation sites excluding steroid dienone is 12. The molecule has 0 aromatic rings. The lowest BCUT2D eigenvalue weighted by Crippen LogP contribution is -2.62. The second-order valence-corrected chi connectivity index (χ2v) is 20.2. The molecule has 3 rings (SSSR count). The molecule has 0 aromatic heterocycles. The van der Waals surface area contributed by atoms with E-state index >= 15 is 0 Å². The highest BCUT2D eigenvalue weighted by molar-refractivity contribution is 5.81. The number of esters is 1. The summed E-state index contributed by atoms with van der Waals surface area (Å²) >= 11 is 0. The van der Waals surface area contributed by atoms with E-state index in [4.69, 9.17) is 24.7 Å². The maximum absolute atomic E-state index is 14.4. The lowest BCUT2D eigenvalue weighted by atomic mass is 9.81. The van der Waals surface area contributed by atoms with E-state index in [1.165, 1.54) is 0 Å². The highest BCUT2D eigenvalue weighted by atomic mass is 16.7. The van der Waals surface area contributed by atoms with Crippen LogP contribution in [0.3, 0.4) is 0 Å². The molecule has 0 radical (unpaired) electrons. The van der Waals surface area contributed by atoms with Gasteiger partial charge in [0.15, 0.2) is 12.1 Å². The second-order valence-electron chi connectivity index (χ2n) is 20.2. The number of carbonyl (C=O) groups excluding carboxylic acids is 2. The fourth-order valence-corrected chi connectivity index (χ4v) is 9.25. The van der Waals surface area contributed by atoms with Crippen LogP contribution in [0.15, 0.2) is 85.1 Å². The predicted octanol–water partition coefficient (Wildman–Crippen LogP) is 2.27. The van der Waals surface area contributed by atoms with Gasteiger partial charge in [0, 0.05) is 49.6 Å². The molecule has 12 N–H and O–H groups in total. The van der Waals surface area contributed by atoms with Gasteiger partial charge in [0.25, 0.3) is 0 Å². The van der Waals surface area contributed by atoms with Gasteiger partial charge in [-0.3, -0.25) is 9.59 Å². The van der Waals surface area contributed by atoms with Crippen molar-refractivity contribution in [3.05, 3.63) is 85.1 Å². The van der Waals surface area contributed by atoms with Gasteiger partial charge in [0.05, 0.1) is 85.5 Å². The summed E-state index contributed by atoms with van der Waals surface area (Å²) in [5.74, 6) is -5.42. The zero-order valence-corrected chi connectivity index (χ0v) is 42.7. The Bertz CT molecular complexity index is 1810. The number of carbonyl (C=O) groups is 2. The zero-order valence-electron chi connectivity index (χ0n) is 42.7. The summed E-state index contributed by atoms with van der Waals surface area (Å²) in [4.78, 5) is 28.7. The van der Waals surface area contributed by atoms with Crippen molar-refractivity contribution in [2.45, 2.75) is 216 Å². The first-order valence-corrected chi connectivity index (χ1v) is 25.1. The zero-order chi connectivity index (χ0) is 53.2. The Morgan fingerprint density at radius 1 is 0.662 bits per heavy atom. The van der Waals surface area contributed by atoms with Crippen LogP contribution in [0.25, 0.3) is 0 Å². The number of aliphatic hydroxyl groups is 10. The summed E-state index contributed by atoms with van der Waals surface area (Å²) < 4.78 is 23.9. The number of hydrogen-bond donors (Lipinski definition) is 11. The van der Waals surface area contributed by atoms with Gasteiger partial charge in [-0.25, -0.2) is 0 Å². The topological polar surface area (TPSA) is 303 Å². The number of fused-ring (bicyclic) bond motifs is 2. The summed E-state index contributed by atoms with van der Waals surface area (Å²) in [6.07, 6.45) is 5.03. The molecular weight excluding hydrogens is 921 g/mol. The number of hydrogen-bond acceptors (Lipinski definition) is 17. The van der Waals surface area contributed by atoms with Crippen LogP contribution in [0.2, 0.25) is 0 Å². The maximum atomic E-state index is 14.4. The third kappa shape index (κ3) is 20.1. The van der Waals surface area contributed by atoms with Crippen LogP contribution in [-0.4, -0.2) is 177 Å². The fraction of sp³-hybridized carbons (Fsp3) is 0.698. The van der Waals surface area contributed by atoms with Gasteiger partial charge >= 0.3 is 5.97 Å². The third-order valence-electron chi connectivity index (χ3n) is 13.4. The summed E-state index contributed by atoms with van der Waals surface area (Å²) in [5.41, 5.74) is 6.13. The molecule has 404 valence electrons. The summed E-state index contributed by atoms with van der Waals surface area (Å²) in [6, 6.07) is -1.71. The fourth-order valence-electron chi connectivity index (χ4n) is 9.25. The summed E-state index contributed by atoms with van der Waals surface area (Å²) in [6.45, 7) is 14.1. The van der Waals surface area contributed by atoms with Crippen molar-refractivity contribution in [3.8, 4) is 0 Å². The molecule has 1 amide bonds. The maximum Gasteiger partial charge on any atom is 0.308 e. The molecule has 3 heterocycles. The molecule has 0 aromatic carbocycles. The molecule has 10 unspecified atom stereocenters. The van der Waals surface area contributed by atoms with E-state index in [1.807, 2.05) is 77.2 Å². The lowest BCUT2D eigenvalue weighted by molar-refractivity contribution is -0.308. The largest absolute Gasteiger partial charge is 0.462 e. The van der Waals surface area contributed by atoms with Gasteiger partial charge in [0.1, 0.15) is 12.2 Å². The minimum atomic E-state index is -2.26. The SMILES string of the molecule is CC1OC(O[C@H]2/C=C/C=C/C=C/C=C/C=C/C=C/C=C/C(C)[C@@H](O)C(C)C(C)OC(=O)C[C@H](O)C[C@H](O)CC[C@@H](O)[C@H](O)C[C@H](O)C[C@]3(O)CC(O)[C@@H](C(=O)N(C(C)C)C(C)C)C(C2)O3)C(O)C(N)C1O.